The third-order valence-electron chi connectivity index (χ3n) is 9.17. The van der Waals surface area contributed by atoms with E-state index in [-0.39, 0.29) is 61.6 Å². The van der Waals surface area contributed by atoms with Crippen molar-refractivity contribution in [3.05, 3.63) is 45.9 Å². The first kappa shape index (κ1) is 39.7. The van der Waals surface area contributed by atoms with Gasteiger partial charge in [0.2, 0.25) is 17.6 Å². The molecule has 3 atom stereocenters. The lowest BCUT2D eigenvalue weighted by Crippen LogP contribution is -2.56. The molecule has 1 aromatic heterocycles. The predicted octanol–water partition coefficient (Wildman–Crippen LogP) is 5.32. The molecule has 4 rings (SSSR count). The van der Waals surface area contributed by atoms with E-state index in [1.165, 1.54) is 30.4 Å². The standard InChI is InChI=1S/C37H52N4O9S/c1-24(40(5)36(46)50-37(2,3)4)33(44)39-31(25-12-8-7-9-13-25)35(45)41-18-11-16-29(41)34-38-28(23-51-34)32(43)26-14-10-15-27(22-26)49-21-20-48-19-17-30(42)47-6/h10,14-15,22-25,29,31H,7-9,11-13,16-21H2,1-6H3,(H,39,44)/t24-,29-,31-/m0/s1. The van der Waals surface area contributed by atoms with Crippen LogP contribution >= 0.6 is 11.3 Å². The van der Waals surface area contributed by atoms with E-state index in [4.69, 9.17) is 19.2 Å². The Kier molecular flexibility index (Phi) is 14.4. The fourth-order valence-corrected chi connectivity index (χ4v) is 7.20. The number of ether oxygens (including phenoxy) is 4. The summed E-state index contributed by atoms with van der Waals surface area (Å²) in [4.78, 5) is 73.0. The van der Waals surface area contributed by atoms with Crippen LogP contribution in [-0.4, -0.2) is 103 Å². The number of amides is 3. The van der Waals surface area contributed by atoms with Crippen molar-refractivity contribution >= 4 is 41.0 Å². The summed E-state index contributed by atoms with van der Waals surface area (Å²) in [5.41, 5.74) is -0.00836. The van der Waals surface area contributed by atoms with Gasteiger partial charge in [-0.3, -0.25) is 24.1 Å². The van der Waals surface area contributed by atoms with Gasteiger partial charge in [-0.25, -0.2) is 9.78 Å². The molecular weight excluding hydrogens is 676 g/mol. The van der Waals surface area contributed by atoms with E-state index in [9.17, 15) is 24.0 Å². The molecule has 0 radical (unpaired) electrons. The Morgan fingerprint density at radius 1 is 1.04 bits per heavy atom. The minimum Gasteiger partial charge on any atom is -0.491 e. The molecule has 13 nitrogen and oxygen atoms in total. The van der Waals surface area contributed by atoms with E-state index < -0.39 is 29.7 Å². The Balaban J connectivity index is 1.42. The van der Waals surface area contributed by atoms with Gasteiger partial charge in [0.15, 0.2) is 0 Å². The van der Waals surface area contributed by atoms with E-state index in [0.29, 0.717) is 29.3 Å². The monoisotopic (exact) mass is 728 g/mol. The minimum atomic E-state index is -0.851. The van der Waals surface area contributed by atoms with Crippen LogP contribution in [0.2, 0.25) is 0 Å². The number of nitrogens with zero attached hydrogens (tertiary/aromatic N) is 3. The number of carbonyl (C=O) groups is 5. The zero-order chi connectivity index (χ0) is 37.1. The van der Waals surface area contributed by atoms with Crippen molar-refractivity contribution in [2.45, 2.75) is 103 Å². The van der Waals surface area contributed by atoms with Crippen molar-refractivity contribution in [2.75, 3.05) is 40.5 Å². The number of rotatable bonds is 15. The van der Waals surface area contributed by atoms with E-state index in [1.54, 1.807) is 62.2 Å². The number of carbonyl (C=O) groups excluding carboxylic acids is 5. The second-order valence-corrected chi connectivity index (χ2v) is 14.9. The average molecular weight is 729 g/mol. The molecule has 1 saturated heterocycles. The molecule has 2 aliphatic rings. The van der Waals surface area contributed by atoms with Crippen molar-refractivity contribution in [3.63, 3.8) is 0 Å². The lowest BCUT2D eigenvalue weighted by molar-refractivity contribution is -0.142. The highest BCUT2D eigenvalue weighted by molar-refractivity contribution is 7.10. The van der Waals surface area contributed by atoms with Crippen molar-refractivity contribution in [3.8, 4) is 5.75 Å². The molecule has 0 spiro atoms. The second-order valence-electron chi connectivity index (χ2n) is 14.1. The molecule has 1 N–H and O–H groups in total. The van der Waals surface area contributed by atoms with Crippen LogP contribution in [0.5, 0.6) is 5.75 Å². The van der Waals surface area contributed by atoms with E-state index in [1.807, 2.05) is 0 Å². The zero-order valence-electron chi connectivity index (χ0n) is 30.6. The first-order valence-corrected chi connectivity index (χ1v) is 18.6. The van der Waals surface area contributed by atoms with Crippen LogP contribution in [0.25, 0.3) is 0 Å². The van der Waals surface area contributed by atoms with Crippen molar-refractivity contribution < 1.29 is 42.9 Å². The number of hydrogen-bond donors (Lipinski definition) is 1. The van der Waals surface area contributed by atoms with Crippen molar-refractivity contribution in [2.24, 2.45) is 5.92 Å². The molecule has 1 aromatic carbocycles. The first-order valence-electron chi connectivity index (χ1n) is 17.7. The van der Waals surface area contributed by atoms with Gasteiger partial charge in [0, 0.05) is 24.5 Å². The summed E-state index contributed by atoms with van der Waals surface area (Å²) in [5, 5.41) is 5.42. The third kappa shape index (κ3) is 11.2. The summed E-state index contributed by atoms with van der Waals surface area (Å²) in [5.74, 6) is -0.700. The summed E-state index contributed by atoms with van der Waals surface area (Å²) in [7, 11) is 2.84. The van der Waals surface area contributed by atoms with Gasteiger partial charge in [-0.1, -0.05) is 31.4 Å². The maximum absolute atomic E-state index is 14.3. The van der Waals surface area contributed by atoms with Crippen LogP contribution < -0.4 is 10.1 Å². The van der Waals surface area contributed by atoms with E-state index in [2.05, 4.69) is 10.1 Å². The van der Waals surface area contributed by atoms with Gasteiger partial charge in [-0.05, 0) is 71.4 Å². The van der Waals surface area contributed by atoms with E-state index >= 15 is 0 Å². The molecule has 2 fully saturated rings. The number of aromatic nitrogens is 1. The number of thiazole rings is 1. The Hall–Kier alpha value is -4.04. The first-order chi connectivity index (χ1) is 24.3. The second kappa shape index (κ2) is 18.5. The number of esters is 1. The molecule has 1 saturated carbocycles. The predicted molar refractivity (Wildman–Crippen MR) is 191 cm³/mol. The Bertz CT molecular complexity index is 1520. The molecule has 51 heavy (non-hydrogen) atoms. The van der Waals surface area contributed by atoms with Gasteiger partial charge in [0.1, 0.15) is 40.7 Å². The maximum Gasteiger partial charge on any atom is 0.410 e. The minimum absolute atomic E-state index is 0.0233. The molecule has 280 valence electrons. The lowest BCUT2D eigenvalue weighted by Gasteiger charge is -2.36. The number of nitrogens with one attached hydrogen (secondary N) is 1. The van der Waals surface area contributed by atoms with Crippen LogP contribution in [0.1, 0.15) is 106 Å². The molecule has 1 aliphatic carbocycles. The van der Waals surface area contributed by atoms with Crippen molar-refractivity contribution in [1.29, 1.82) is 0 Å². The van der Waals surface area contributed by atoms with Gasteiger partial charge in [-0.15, -0.1) is 11.3 Å². The number of likely N-dealkylation sites (tertiary alicyclic amines) is 1. The fourth-order valence-electron chi connectivity index (χ4n) is 6.25. The molecule has 1 aliphatic heterocycles. The quantitative estimate of drug-likeness (QED) is 0.145. The topological polar surface area (TPSA) is 154 Å². The molecule has 0 bridgehead atoms. The maximum atomic E-state index is 14.3. The largest absolute Gasteiger partial charge is 0.491 e. The van der Waals surface area contributed by atoms with Gasteiger partial charge in [-0.2, -0.15) is 0 Å². The van der Waals surface area contributed by atoms with Crippen LogP contribution in [0.4, 0.5) is 4.79 Å². The summed E-state index contributed by atoms with van der Waals surface area (Å²) in [6, 6.07) is 4.92. The highest BCUT2D eigenvalue weighted by Gasteiger charge is 2.41. The van der Waals surface area contributed by atoms with Gasteiger partial charge in [0.25, 0.3) is 0 Å². The summed E-state index contributed by atoms with van der Waals surface area (Å²) >= 11 is 1.35. The number of hydrogen-bond acceptors (Lipinski definition) is 11. The number of benzene rings is 1. The van der Waals surface area contributed by atoms with Crippen LogP contribution in [-0.2, 0) is 28.6 Å². The molecule has 14 heteroatoms. The molecule has 0 unspecified atom stereocenters. The number of likely N-dealkylation sites (N-methyl/N-ethyl adjacent to an activating group) is 1. The normalized spacial score (nSPS) is 17.7. The lowest BCUT2D eigenvalue weighted by atomic mass is 9.83. The van der Waals surface area contributed by atoms with Gasteiger partial charge in [0.05, 0.1) is 32.8 Å². The third-order valence-corrected chi connectivity index (χ3v) is 10.1. The van der Waals surface area contributed by atoms with Gasteiger partial charge < -0.3 is 29.2 Å². The summed E-state index contributed by atoms with van der Waals surface area (Å²) in [6.45, 7) is 8.18. The van der Waals surface area contributed by atoms with Crippen LogP contribution in [0.15, 0.2) is 29.6 Å². The Labute approximate surface area is 304 Å². The van der Waals surface area contributed by atoms with Crippen LogP contribution in [0, 0.1) is 5.92 Å². The summed E-state index contributed by atoms with van der Waals surface area (Å²) in [6.07, 6.45) is 5.72. The molecular formula is C37H52N4O9S. The Morgan fingerprint density at radius 2 is 1.78 bits per heavy atom. The highest BCUT2D eigenvalue weighted by Crippen LogP contribution is 2.37. The van der Waals surface area contributed by atoms with Gasteiger partial charge >= 0.3 is 12.1 Å². The molecule has 2 heterocycles. The molecule has 2 aromatic rings. The molecule has 3 amide bonds. The number of methoxy groups -OCH3 is 1. The smallest absolute Gasteiger partial charge is 0.410 e. The highest BCUT2D eigenvalue weighted by atomic mass is 32.1. The average Bonchev–Trinajstić information content (AvgIpc) is 3.81. The van der Waals surface area contributed by atoms with E-state index in [0.717, 1.165) is 38.5 Å². The van der Waals surface area contributed by atoms with Crippen LogP contribution in [0.3, 0.4) is 0 Å². The fraction of sp³-hybridized carbons (Fsp3) is 0.622. The SMILES string of the molecule is COC(=O)CCOCCOc1cccc(C(=O)c2csc([C@@H]3CCCN3C(=O)[C@@H](NC(=O)[C@H](C)N(C)C(=O)OC(C)(C)C)C3CCCCC3)n2)c1. The zero-order valence-corrected chi connectivity index (χ0v) is 31.4. The Morgan fingerprint density at radius 3 is 2.49 bits per heavy atom. The summed E-state index contributed by atoms with van der Waals surface area (Å²) < 4.78 is 21.2. The van der Waals surface area contributed by atoms with Crippen molar-refractivity contribution in [1.82, 2.24) is 20.1 Å². The number of ketones is 1.